The Morgan fingerprint density at radius 2 is 1.71 bits per heavy atom. The minimum absolute atomic E-state index is 0.0370. The van der Waals surface area contributed by atoms with Crippen LogP contribution in [0, 0.1) is 11.6 Å². The molecular formula is C19H13F2NOS. The Labute approximate surface area is 142 Å². The fraction of sp³-hybridized carbons (Fsp3) is 0.105. The molecule has 0 aromatic heterocycles. The van der Waals surface area contributed by atoms with E-state index in [0.717, 1.165) is 22.5 Å². The Balaban J connectivity index is 1.77. The van der Waals surface area contributed by atoms with Gasteiger partial charge in [0.05, 0.1) is 5.75 Å². The van der Waals surface area contributed by atoms with Crippen molar-refractivity contribution in [2.75, 3.05) is 10.7 Å². The normalized spacial score (nSPS) is 17.7. The van der Waals surface area contributed by atoms with Gasteiger partial charge in [-0.05, 0) is 40.6 Å². The van der Waals surface area contributed by atoms with Gasteiger partial charge in [-0.15, -0.1) is 11.8 Å². The quantitative estimate of drug-likeness (QED) is 0.661. The number of halogens is 2. The molecule has 0 spiro atoms. The van der Waals surface area contributed by atoms with Gasteiger partial charge in [-0.1, -0.05) is 36.4 Å². The van der Waals surface area contributed by atoms with Crippen molar-refractivity contribution in [3.8, 4) is 0 Å². The Hall–Kier alpha value is -2.40. The number of thioether (sulfide) groups is 1. The molecule has 2 nitrogen and oxygen atoms in total. The lowest BCUT2D eigenvalue weighted by atomic mass is 10.1. The lowest BCUT2D eigenvalue weighted by molar-refractivity contribution is -0.115. The highest BCUT2D eigenvalue weighted by Gasteiger charge is 2.34. The fourth-order valence-electron chi connectivity index (χ4n) is 2.94. The zero-order valence-electron chi connectivity index (χ0n) is 12.6. The van der Waals surface area contributed by atoms with Gasteiger partial charge in [0.25, 0.3) is 0 Å². The van der Waals surface area contributed by atoms with Crippen LogP contribution < -0.4 is 4.90 Å². The first-order valence-electron chi connectivity index (χ1n) is 7.51. The number of nitrogens with zero attached hydrogens (tertiary/aromatic N) is 1. The molecule has 1 saturated heterocycles. The molecule has 0 N–H and O–H groups in total. The van der Waals surface area contributed by atoms with Crippen molar-refractivity contribution in [3.05, 3.63) is 77.9 Å². The number of carbonyl (C=O) groups is 1. The molecule has 1 aliphatic rings. The monoisotopic (exact) mass is 341 g/mol. The first-order chi connectivity index (χ1) is 11.6. The van der Waals surface area contributed by atoms with Gasteiger partial charge in [-0.2, -0.15) is 0 Å². The summed E-state index contributed by atoms with van der Waals surface area (Å²) in [6.07, 6.45) is 0. The molecule has 1 aliphatic heterocycles. The summed E-state index contributed by atoms with van der Waals surface area (Å²) in [5.74, 6) is -1.50. The van der Waals surface area contributed by atoms with Gasteiger partial charge in [0.15, 0.2) is 11.6 Å². The zero-order chi connectivity index (χ0) is 16.7. The van der Waals surface area contributed by atoms with Crippen LogP contribution in [0.2, 0.25) is 0 Å². The number of carbonyl (C=O) groups excluding carboxylic acids is 1. The van der Waals surface area contributed by atoms with Crippen molar-refractivity contribution in [1.82, 2.24) is 0 Å². The smallest absolute Gasteiger partial charge is 0.238 e. The van der Waals surface area contributed by atoms with Gasteiger partial charge < -0.3 is 0 Å². The molecule has 3 aromatic rings. The first kappa shape index (κ1) is 15.1. The number of benzene rings is 3. The molecule has 120 valence electrons. The minimum atomic E-state index is -0.897. The molecule has 0 radical (unpaired) electrons. The summed E-state index contributed by atoms with van der Waals surface area (Å²) in [5, 5.41) is 1.77. The molecule has 4 rings (SSSR count). The standard InChI is InChI=1S/C19H13F2NOS/c20-16-8-6-14(10-17(16)21)19-22(18(23)11-24-19)15-7-5-12-3-1-2-4-13(12)9-15/h1-10,19H,11H2/t19-/m0/s1. The van der Waals surface area contributed by atoms with Crippen molar-refractivity contribution < 1.29 is 13.6 Å². The largest absolute Gasteiger partial charge is 0.295 e. The van der Waals surface area contributed by atoms with Crippen molar-refractivity contribution in [3.63, 3.8) is 0 Å². The summed E-state index contributed by atoms with van der Waals surface area (Å²) in [6.45, 7) is 0. The van der Waals surface area contributed by atoms with Crippen molar-refractivity contribution >= 4 is 34.1 Å². The van der Waals surface area contributed by atoms with Crippen LogP contribution in [0.1, 0.15) is 10.9 Å². The highest BCUT2D eigenvalue weighted by molar-refractivity contribution is 8.00. The van der Waals surface area contributed by atoms with Gasteiger partial charge in [0, 0.05) is 5.69 Å². The van der Waals surface area contributed by atoms with Gasteiger partial charge in [0.1, 0.15) is 5.37 Å². The van der Waals surface area contributed by atoms with Gasteiger partial charge in [0.2, 0.25) is 5.91 Å². The van der Waals surface area contributed by atoms with E-state index in [1.54, 1.807) is 4.90 Å². The Kier molecular flexibility index (Phi) is 3.73. The van der Waals surface area contributed by atoms with Crippen molar-refractivity contribution in [2.45, 2.75) is 5.37 Å². The van der Waals surface area contributed by atoms with Crippen LogP contribution in [0.4, 0.5) is 14.5 Å². The summed E-state index contributed by atoms with van der Waals surface area (Å²) >= 11 is 1.41. The average Bonchev–Trinajstić information content (AvgIpc) is 2.98. The topological polar surface area (TPSA) is 20.3 Å². The molecule has 0 saturated carbocycles. The maximum atomic E-state index is 13.6. The third-order valence-corrected chi connectivity index (χ3v) is 5.32. The molecule has 24 heavy (non-hydrogen) atoms. The van der Waals surface area contributed by atoms with E-state index in [2.05, 4.69) is 0 Å². The van der Waals surface area contributed by atoms with Crippen LogP contribution in [0.15, 0.2) is 60.7 Å². The maximum absolute atomic E-state index is 13.6. The highest BCUT2D eigenvalue weighted by atomic mass is 32.2. The second-order valence-corrected chi connectivity index (χ2v) is 6.70. The van der Waals surface area contributed by atoms with Crippen LogP contribution in [0.3, 0.4) is 0 Å². The van der Waals surface area contributed by atoms with E-state index < -0.39 is 11.6 Å². The molecular weight excluding hydrogens is 328 g/mol. The number of hydrogen-bond donors (Lipinski definition) is 0. The lowest BCUT2D eigenvalue weighted by Gasteiger charge is -2.24. The number of rotatable bonds is 2. The van der Waals surface area contributed by atoms with Crippen molar-refractivity contribution in [2.24, 2.45) is 0 Å². The minimum Gasteiger partial charge on any atom is -0.295 e. The van der Waals surface area contributed by atoms with E-state index in [0.29, 0.717) is 11.3 Å². The van der Waals surface area contributed by atoms with Crippen LogP contribution >= 0.6 is 11.8 Å². The zero-order valence-corrected chi connectivity index (χ0v) is 13.4. The Morgan fingerprint density at radius 1 is 0.917 bits per heavy atom. The Morgan fingerprint density at radius 3 is 2.50 bits per heavy atom. The number of hydrogen-bond acceptors (Lipinski definition) is 2. The van der Waals surface area contributed by atoms with E-state index in [-0.39, 0.29) is 11.3 Å². The van der Waals surface area contributed by atoms with Crippen molar-refractivity contribution in [1.29, 1.82) is 0 Å². The van der Waals surface area contributed by atoms with E-state index in [1.165, 1.54) is 23.9 Å². The molecule has 1 amide bonds. The number of fused-ring (bicyclic) bond motifs is 1. The number of anilines is 1. The molecule has 1 fully saturated rings. The fourth-order valence-corrected chi connectivity index (χ4v) is 4.11. The third-order valence-electron chi connectivity index (χ3n) is 4.11. The van der Waals surface area contributed by atoms with Gasteiger partial charge in [-0.25, -0.2) is 8.78 Å². The molecule has 1 heterocycles. The van der Waals surface area contributed by atoms with Crippen LogP contribution in [-0.2, 0) is 4.79 Å². The third kappa shape index (κ3) is 2.55. The summed E-state index contributed by atoms with van der Waals surface area (Å²) < 4.78 is 26.8. The van der Waals surface area contributed by atoms with Gasteiger partial charge >= 0.3 is 0 Å². The summed E-state index contributed by atoms with van der Waals surface area (Å²) in [4.78, 5) is 14.0. The van der Waals surface area contributed by atoms with Crippen LogP contribution in [0.5, 0.6) is 0 Å². The molecule has 5 heteroatoms. The number of amides is 1. The SMILES string of the molecule is O=C1CS[C@@H](c2ccc(F)c(F)c2)N1c1ccc2ccccc2c1. The van der Waals surface area contributed by atoms with E-state index in [1.807, 2.05) is 42.5 Å². The predicted octanol–water partition coefficient (Wildman–Crippen LogP) is 4.90. The molecule has 0 aliphatic carbocycles. The lowest BCUT2D eigenvalue weighted by Crippen LogP contribution is -2.27. The summed E-state index contributed by atoms with van der Waals surface area (Å²) in [7, 11) is 0. The van der Waals surface area contributed by atoms with Crippen LogP contribution in [0.25, 0.3) is 10.8 Å². The van der Waals surface area contributed by atoms with Crippen LogP contribution in [-0.4, -0.2) is 11.7 Å². The Bertz CT molecular complexity index is 944. The van der Waals surface area contributed by atoms with E-state index in [9.17, 15) is 13.6 Å². The molecule has 0 unspecified atom stereocenters. The average molecular weight is 341 g/mol. The highest BCUT2D eigenvalue weighted by Crippen LogP contribution is 2.42. The molecule has 3 aromatic carbocycles. The van der Waals surface area contributed by atoms with Gasteiger partial charge in [-0.3, -0.25) is 9.69 Å². The summed E-state index contributed by atoms with van der Waals surface area (Å²) in [5.41, 5.74) is 1.34. The van der Waals surface area contributed by atoms with E-state index >= 15 is 0 Å². The van der Waals surface area contributed by atoms with E-state index in [4.69, 9.17) is 0 Å². The predicted molar refractivity (Wildman–Crippen MR) is 93.0 cm³/mol. The first-order valence-corrected chi connectivity index (χ1v) is 8.56. The second kappa shape index (κ2) is 5.91. The molecule has 0 bridgehead atoms. The molecule has 1 atom stereocenters. The second-order valence-electron chi connectivity index (χ2n) is 5.63. The summed E-state index contributed by atoms with van der Waals surface area (Å²) in [6, 6.07) is 17.5. The maximum Gasteiger partial charge on any atom is 0.238 e.